The lowest BCUT2D eigenvalue weighted by molar-refractivity contribution is 0.416. The van der Waals surface area contributed by atoms with Crippen LogP contribution in [0.25, 0.3) is 10.9 Å². The molecule has 0 unspecified atom stereocenters. The average molecular weight is 277 g/mol. The van der Waals surface area contributed by atoms with Gasteiger partial charge in [0.15, 0.2) is 0 Å². The zero-order valence-electron chi connectivity index (χ0n) is 11.7. The predicted molar refractivity (Wildman–Crippen MR) is 83.3 cm³/mol. The number of rotatable bonds is 4. The predicted octanol–water partition coefficient (Wildman–Crippen LogP) is 3.66. The van der Waals surface area contributed by atoms with Crippen molar-refractivity contribution in [1.29, 1.82) is 5.26 Å². The summed E-state index contributed by atoms with van der Waals surface area (Å²) in [5, 5.41) is 13.5. The third-order valence-corrected chi connectivity index (χ3v) is 3.49. The highest BCUT2D eigenvalue weighted by Gasteiger charge is 2.06. The first-order valence-corrected chi connectivity index (χ1v) is 6.69. The van der Waals surface area contributed by atoms with Gasteiger partial charge in [0.25, 0.3) is 0 Å². The topological polar surface area (TPSA) is 60.8 Å². The van der Waals surface area contributed by atoms with E-state index in [-0.39, 0.29) is 0 Å². The van der Waals surface area contributed by atoms with Gasteiger partial charge in [-0.2, -0.15) is 5.26 Å². The molecule has 0 aliphatic rings. The van der Waals surface area contributed by atoms with Gasteiger partial charge in [-0.05, 0) is 29.8 Å². The highest BCUT2D eigenvalue weighted by Crippen LogP contribution is 2.26. The van der Waals surface area contributed by atoms with Crippen LogP contribution >= 0.6 is 0 Å². The van der Waals surface area contributed by atoms with Gasteiger partial charge in [0.05, 0.1) is 24.4 Å². The maximum absolute atomic E-state index is 8.92. The standard InChI is InChI=1S/C17H15N3O/c1-21-17-9-12(10-18)5-6-16(17)20-11-13-3-2-4-15-14(13)7-8-19-15/h2-9,19-20H,11H2,1H3. The quantitative estimate of drug-likeness (QED) is 0.765. The number of nitriles is 1. The molecule has 0 aliphatic heterocycles. The Labute approximate surface area is 123 Å². The Morgan fingerprint density at radius 3 is 2.95 bits per heavy atom. The Morgan fingerprint density at radius 2 is 2.14 bits per heavy atom. The molecule has 104 valence electrons. The number of ether oxygens (including phenoxy) is 1. The molecule has 1 aromatic heterocycles. The first kappa shape index (κ1) is 13.1. The van der Waals surface area contributed by atoms with E-state index in [9.17, 15) is 0 Å². The van der Waals surface area contributed by atoms with Crippen molar-refractivity contribution in [1.82, 2.24) is 4.98 Å². The Hall–Kier alpha value is -2.93. The summed E-state index contributed by atoms with van der Waals surface area (Å²) in [5.74, 6) is 0.676. The lowest BCUT2D eigenvalue weighted by atomic mass is 10.1. The normalized spacial score (nSPS) is 10.3. The van der Waals surface area contributed by atoms with E-state index in [0.717, 1.165) is 11.2 Å². The molecule has 3 aromatic rings. The van der Waals surface area contributed by atoms with E-state index in [1.165, 1.54) is 10.9 Å². The smallest absolute Gasteiger partial charge is 0.143 e. The number of anilines is 1. The monoisotopic (exact) mass is 277 g/mol. The third-order valence-electron chi connectivity index (χ3n) is 3.49. The molecule has 0 spiro atoms. The number of methoxy groups -OCH3 is 1. The number of H-pyrrole nitrogens is 1. The van der Waals surface area contributed by atoms with Crippen molar-refractivity contribution in [3.8, 4) is 11.8 Å². The third kappa shape index (κ3) is 2.54. The van der Waals surface area contributed by atoms with Crippen LogP contribution in [0.15, 0.2) is 48.7 Å². The number of fused-ring (bicyclic) bond motifs is 1. The number of nitrogens with zero attached hydrogens (tertiary/aromatic N) is 1. The molecule has 0 aliphatic carbocycles. The maximum Gasteiger partial charge on any atom is 0.143 e. The fraction of sp³-hybridized carbons (Fsp3) is 0.118. The number of hydrogen-bond acceptors (Lipinski definition) is 3. The fourth-order valence-electron chi connectivity index (χ4n) is 2.40. The van der Waals surface area contributed by atoms with Gasteiger partial charge >= 0.3 is 0 Å². The molecular formula is C17H15N3O. The van der Waals surface area contributed by atoms with E-state index >= 15 is 0 Å². The van der Waals surface area contributed by atoms with Gasteiger partial charge in [0.1, 0.15) is 5.75 Å². The summed E-state index contributed by atoms with van der Waals surface area (Å²) in [7, 11) is 1.61. The summed E-state index contributed by atoms with van der Waals surface area (Å²) in [6, 6.07) is 15.8. The van der Waals surface area contributed by atoms with Crippen LogP contribution in [0.1, 0.15) is 11.1 Å². The van der Waals surface area contributed by atoms with Crippen LogP contribution in [0.3, 0.4) is 0 Å². The van der Waals surface area contributed by atoms with Crippen LogP contribution in [0.5, 0.6) is 5.75 Å². The molecule has 0 bridgehead atoms. The Balaban J connectivity index is 1.85. The fourth-order valence-corrected chi connectivity index (χ4v) is 2.40. The molecule has 2 N–H and O–H groups in total. The summed E-state index contributed by atoms with van der Waals surface area (Å²) >= 11 is 0. The van der Waals surface area contributed by atoms with Crippen LogP contribution in [0, 0.1) is 11.3 Å². The van der Waals surface area contributed by atoms with Gasteiger partial charge in [-0.25, -0.2) is 0 Å². The molecule has 0 amide bonds. The van der Waals surface area contributed by atoms with E-state index in [4.69, 9.17) is 10.00 Å². The van der Waals surface area contributed by atoms with Crippen molar-refractivity contribution < 1.29 is 4.74 Å². The molecule has 0 atom stereocenters. The number of nitrogens with one attached hydrogen (secondary N) is 2. The number of benzene rings is 2. The molecule has 21 heavy (non-hydrogen) atoms. The Morgan fingerprint density at radius 1 is 1.24 bits per heavy atom. The number of aromatic amines is 1. The van der Waals surface area contributed by atoms with Gasteiger partial charge in [-0.15, -0.1) is 0 Å². The number of aromatic nitrogens is 1. The molecular weight excluding hydrogens is 262 g/mol. The minimum atomic E-state index is 0.588. The lowest BCUT2D eigenvalue weighted by Gasteiger charge is -2.12. The number of hydrogen-bond donors (Lipinski definition) is 2. The summed E-state index contributed by atoms with van der Waals surface area (Å²) < 4.78 is 5.33. The van der Waals surface area contributed by atoms with E-state index in [1.807, 2.05) is 18.3 Å². The second-order valence-electron chi connectivity index (χ2n) is 4.74. The van der Waals surface area contributed by atoms with Gasteiger partial charge in [-0.3, -0.25) is 0 Å². The van der Waals surface area contributed by atoms with Gasteiger partial charge < -0.3 is 15.0 Å². The van der Waals surface area contributed by atoms with Crippen molar-refractivity contribution in [3.05, 3.63) is 59.8 Å². The Bertz CT molecular complexity index is 814. The molecule has 0 fully saturated rings. The van der Waals surface area contributed by atoms with E-state index in [2.05, 4.69) is 34.6 Å². The van der Waals surface area contributed by atoms with Gasteiger partial charge in [0.2, 0.25) is 0 Å². The largest absolute Gasteiger partial charge is 0.495 e. The van der Waals surface area contributed by atoms with Crippen molar-refractivity contribution in [2.75, 3.05) is 12.4 Å². The molecule has 0 saturated carbocycles. The minimum absolute atomic E-state index is 0.588. The molecule has 4 heteroatoms. The SMILES string of the molecule is COc1cc(C#N)ccc1NCc1cccc2[nH]ccc12. The summed E-state index contributed by atoms with van der Waals surface area (Å²) in [4.78, 5) is 3.21. The second kappa shape index (κ2) is 5.59. The molecule has 0 saturated heterocycles. The minimum Gasteiger partial charge on any atom is -0.495 e. The first-order valence-electron chi connectivity index (χ1n) is 6.69. The summed E-state index contributed by atoms with van der Waals surface area (Å²) in [6.45, 7) is 0.692. The van der Waals surface area contributed by atoms with Gasteiger partial charge in [0, 0.05) is 29.7 Å². The molecule has 2 aromatic carbocycles. The summed E-state index contributed by atoms with van der Waals surface area (Å²) in [5.41, 5.74) is 3.80. The van der Waals surface area contributed by atoms with Crippen LogP contribution in [0.2, 0.25) is 0 Å². The molecule has 3 rings (SSSR count). The van der Waals surface area contributed by atoms with Crippen LogP contribution in [-0.2, 0) is 6.54 Å². The van der Waals surface area contributed by atoms with Crippen LogP contribution < -0.4 is 10.1 Å². The molecule has 4 nitrogen and oxygen atoms in total. The van der Waals surface area contributed by atoms with Crippen molar-refractivity contribution in [2.24, 2.45) is 0 Å². The van der Waals surface area contributed by atoms with Crippen LogP contribution in [-0.4, -0.2) is 12.1 Å². The van der Waals surface area contributed by atoms with Crippen molar-refractivity contribution in [2.45, 2.75) is 6.54 Å². The first-order chi connectivity index (χ1) is 10.3. The highest BCUT2D eigenvalue weighted by atomic mass is 16.5. The summed E-state index contributed by atoms with van der Waals surface area (Å²) in [6.07, 6.45) is 1.94. The average Bonchev–Trinajstić information content (AvgIpc) is 3.01. The van der Waals surface area contributed by atoms with E-state index < -0.39 is 0 Å². The second-order valence-corrected chi connectivity index (χ2v) is 4.74. The van der Waals surface area contributed by atoms with Crippen LogP contribution in [0.4, 0.5) is 5.69 Å². The Kier molecular flexibility index (Phi) is 3.48. The zero-order valence-corrected chi connectivity index (χ0v) is 11.7. The molecule has 1 heterocycles. The lowest BCUT2D eigenvalue weighted by Crippen LogP contribution is -2.02. The van der Waals surface area contributed by atoms with E-state index in [0.29, 0.717) is 17.9 Å². The van der Waals surface area contributed by atoms with Crippen molar-refractivity contribution in [3.63, 3.8) is 0 Å². The molecule has 0 radical (unpaired) electrons. The van der Waals surface area contributed by atoms with Gasteiger partial charge in [-0.1, -0.05) is 12.1 Å². The highest BCUT2D eigenvalue weighted by molar-refractivity contribution is 5.83. The van der Waals surface area contributed by atoms with E-state index in [1.54, 1.807) is 19.2 Å². The van der Waals surface area contributed by atoms with Crippen molar-refractivity contribution >= 4 is 16.6 Å². The zero-order chi connectivity index (χ0) is 14.7. The maximum atomic E-state index is 8.92.